The Hall–Kier alpha value is -1.46. The number of benzene rings is 1. The Kier molecular flexibility index (Phi) is 9.57. The molecule has 1 aromatic rings. The fourth-order valence-electron chi connectivity index (χ4n) is 2.85. The zero-order valence-electron chi connectivity index (χ0n) is 14.6. The fourth-order valence-corrected chi connectivity index (χ4v) is 2.85. The number of piperidine rings is 1. The van der Waals surface area contributed by atoms with Crippen LogP contribution in [0, 0.1) is 5.92 Å². The summed E-state index contributed by atoms with van der Waals surface area (Å²) >= 11 is 0. The van der Waals surface area contributed by atoms with Gasteiger partial charge < -0.3 is 20.1 Å². The minimum atomic E-state index is -0.0576. The van der Waals surface area contributed by atoms with Crippen LogP contribution in [0.15, 0.2) is 18.2 Å². The highest BCUT2D eigenvalue weighted by molar-refractivity contribution is 5.94. The number of ether oxygens (including phenoxy) is 2. The van der Waals surface area contributed by atoms with Gasteiger partial charge in [-0.2, -0.15) is 0 Å². The molecule has 1 unspecified atom stereocenters. The zero-order chi connectivity index (χ0) is 16.5. The van der Waals surface area contributed by atoms with E-state index in [-0.39, 0.29) is 18.3 Å². The lowest BCUT2D eigenvalue weighted by molar-refractivity contribution is 0.0950. The third-order valence-electron chi connectivity index (χ3n) is 4.04. The Labute approximate surface area is 150 Å². The number of rotatable bonds is 8. The van der Waals surface area contributed by atoms with E-state index < -0.39 is 0 Å². The smallest absolute Gasteiger partial charge is 0.251 e. The van der Waals surface area contributed by atoms with Crippen molar-refractivity contribution in [2.24, 2.45) is 5.92 Å². The highest BCUT2D eigenvalue weighted by Crippen LogP contribution is 2.28. The molecule has 2 N–H and O–H groups in total. The molecule has 0 radical (unpaired) electrons. The molecule has 1 aromatic carbocycles. The van der Waals surface area contributed by atoms with Crippen LogP contribution >= 0.6 is 12.4 Å². The second-order valence-corrected chi connectivity index (χ2v) is 5.78. The lowest BCUT2D eigenvalue weighted by Gasteiger charge is -2.22. The molecule has 0 bridgehead atoms. The number of carbonyl (C=O) groups excluding carboxylic acids is 1. The Balaban J connectivity index is 0.00000288. The van der Waals surface area contributed by atoms with Gasteiger partial charge in [-0.3, -0.25) is 4.79 Å². The van der Waals surface area contributed by atoms with Crippen LogP contribution in [0.4, 0.5) is 0 Å². The van der Waals surface area contributed by atoms with Crippen molar-refractivity contribution >= 4 is 18.3 Å². The average molecular weight is 357 g/mol. The standard InChI is InChI=1S/C18H28N2O3.ClH/c1-3-22-16-8-7-15(12-17(16)23-4-2)18(21)20-11-9-14-6-5-10-19-13-14;/h7-8,12,14,19H,3-6,9-11,13H2,1-2H3,(H,20,21);1H. The molecule has 5 nitrogen and oxygen atoms in total. The summed E-state index contributed by atoms with van der Waals surface area (Å²) in [5, 5.41) is 6.41. The predicted octanol–water partition coefficient (Wildman–Crippen LogP) is 3.03. The average Bonchev–Trinajstić information content (AvgIpc) is 2.58. The number of carbonyl (C=O) groups is 1. The van der Waals surface area contributed by atoms with E-state index in [0.717, 1.165) is 19.5 Å². The highest BCUT2D eigenvalue weighted by atomic mass is 35.5. The second-order valence-electron chi connectivity index (χ2n) is 5.78. The fraction of sp³-hybridized carbons (Fsp3) is 0.611. The van der Waals surface area contributed by atoms with Crippen LogP contribution in [-0.4, -0.2) is 38.8 Å². The molecule has 1 aliphatic heterocycles. The van der Waals surface area contributed by atoms with Crippen molar-refractivity contribution in [2.45, 2.75) is 33.1 Å². The van der Waals surface area contributed by atoms with Crippen molar-refractivity contribution in [2.75, 3.05) is 32.8 Å². The van der Waals surface area contributed by atoms with E-state index in [1.54, 1.807) is 18.2 Å². The molecule has 1 amide bonds. The van der Waals surface area contributed by atoms with Crippen LogP contribution in [0.3, 0.4) is 0 Å². The van der Waals surface area contributed by atoms with E-state index in [4.69, 9.17) is 9.47 Å². The van der Waals surface area contributed by atoms with Gasteiger partial charge in [-0.25, -0.2) is 0 Å². The summed E-state index contributed by atoms with van der Waals surface area (Å²) in [6.45, 7) is 7.85. The van der Waals surface area contributed by atoms with Gasteiger partial charge in [0.25, 0.3) is 5.91 Å². The van der Waals surface area contributed by atoms with Crippen molar-refractivity contribution < 1.29 is 14.3 Å². The van der Waals surface area contributed by atoms with E-state index in [1.165, 1.54) is 12.8 Å². The van der Waals surface area contributed by atoms with Crippen LogP contribution in [-0.2, 0) is 0 Å². The van der Waals surface area contributed by atoms with Crippen LogP contribution < -0.4 is 20.1 Å². The van der Waals surface area contributed by atoms with Gasteiger partial charge in [-0.15, -0.1) is 12.4 Å². The molecule has 0 aromatic heterocycles. The largest absolute Gasteiger partial charge is 0.490 e. The minimum Gasteiger partial charge on any atom is -0.490 e. The molecule has 6 heteroatoms. The Morgan fingerprint density at radius 1 is 1.25 bits per heavy atom. The number of nitrogens with one attached hydrogen (secondary N) is 2. The monoisotopic (exact) mass is 356 g/mol. The molecule has 1 fully saturated rings. The third kappa shape index (κ3) is 6.21. The molecule has 24 heavy (non-hydrogen) atoms. The molecule has 2 rings (SSSR count). The summed E-state index contributed by atoms with van der Waals surface area (Å²) in [6.07, 6.45) is 3.50. The minimum absolute atomic E-state index is 0. The molecule has 0 saturated carbocycles. The molecule has 136 valence electrons. The van der Waals surface area contributed by atoms with Crippen LogP contribution in [0.2, 0.25) is 0 Å². The van der Waals surface area contributed by atoms with Gasteiger partial charge >= 0.3 is 0 Å². The van der Waals surface area contributed by atoms with Crippen LogP contribution in [0.5, 0.6) is 11.5 Å². The SMILES string of the molecule is CCOc1ccc(C(=O)NCCC2CCCNC2)cc1OCC.Cl. The summed E-state index contributed by atoms with van der Waals surface area (Å²) < 4.78 is 11.1. The molecule has 1 aliphatic rings. The Morgan fingerprint density at radius 2 is 2.00 bits per heavy atom. The summed E-state index contributed by atoms with van der Waals surface area (Å²) in [7, 11) is 0. The topological polar surface area (TPSA) is 59.6 Å². The van der Waals surface area contributed by atoms with Crippen LogP contribution in [0.25, 0.3) is 0 Å². The summed E-state index contributed by atoms with van der Waals surface area (Å²) in [4.78, 5) is 12.3. The molecular weight excluding hydrogens is 328 g/mol. The number of amides is 1. The first kappa shape index (κ1) is 20.6. The van der Waals surface area contributed by atoms with Gasteiger partial charge in [0.15, 0.2) is 11.5 Å². The van der Waals surface area contributed by atoms with Gasteiger partial charge in [0.2, 0.25) is 0 Å². The third-order valence-corrected chi connectivity index (χ3v) is 4.04. The van der Waals surface area contributed by atoms with Crippen molar-refractivity contribution in [3.05, 3.63) is 23.8 Å². The zero-order valence-corrected chi connectivity index (χ0v) is 15.4. The number of hydrogen-bond donors (Lipinski definition) is 2. The summed E-state index contributed by atoms with van der Waals surface area (Å²) in [5.41, 5.74) is 0.610. The van der Waals surface area contributed by atoms with Gasteiger partial charge in [-0.05, 0) is 70.3 Å². The van der Waals surface area contributed by atoms with E-state index >= 15 is 0 Å². The van der Waals surface area contributed by atoms with Gasteiger partial charge in [0.1, 0.15) is 0 Å². The first-order valence-corrected chi connectivity index (χ1v) is 8.63. The molecule has 0 spiro atoms. The first-order chi connectivity index (χ1) is 11.2. The van der Waals surface area contributed by atoms with Crippen molar-refractivity contribution in [3.63, 3.8) is 0 Å². The van der Waals surface area contributed by atoms with Gasteiger partial charge in [-0.1, -0.05) is 0 Å². The van der Waals surface area contributed by atoms with E-state index in [1.807, 2.05) is 13.8 Å². The van der Waals surface area contributed by atoms with E-state index in [2.05, 4.69) is 10.6 Å². The maximum atomic E-state index is 12.3. The highest BCUT2D eigenvalue weighted by Gasteiger charge is 2.14. The van der Waals surface area contributed by atoms with Crippen LogP contribution in [0.1, 0.15) is 43.5 Å². The van der Waals surface area contributed by atoms with E-state index in [9.17, 15) is 4.79 Å². The normalized spacial score (nSPS) is 16.8. The summed E-state index contributed by atoms with van der Waals surface area (Å²) in [5.74, 6) is 1.92. The number of halogens is 1. The maximum absolute atomic E-state index is 12.3. The molecule has 1 saturated heterocycles. The lowest BCUT2D eigenvalue weighted by atomic mass is 9.96. The van der Waals surface area contributed by atoms with Crippen molar-refractivity contribution in [1.29, 1.82) is 0 Å². The maximum Gasteiger partial charge on any atom is 0.251 e. The molecule has 0 aliphatic carbocycles. The lowest BCUT2D eigenvalue weighted by Crippen LogP contribution is -2.33. The van der Waals surface area contributed by atoms with Gasteiger partial charge in [0, 0.05) is 12.1 Å². The summed E-state index contributed by atoms with van der Waals surface area (Å²) in [6, 6.07) is 5.34. The Bertz CT molecular complexity index is 505. The van der Waals surface area contributed by atoms with Crippen molar-refractivity contribution in [1.82, 2.24) is 10.6 Å². The first-order valence-electron chi connectivity index (χ1n) is 8.63. The van der Waals surface area contributed by atoms with Gasteiger partial charge in [0.05, 0.1) is 13.2 Å². The number of hydrogen-bond acceptors (Lipinski definition) is 4. The second kappa shape index (κ2) is 11.2. The molecule has 1 heterocycles. The molecular formula is C18H29ClN2O3. The van der Waals surface area contributed by atoms with Crippen molar-refractivity contribution in [3.8, 4) is 11.5 Å². The molecule has 1 atom stereocenters. The predicted molar refractivity (Wildman–Crippen MR) is 98.6 cm³/mol. The van der Waals surface area contributed by atoms with E-state index in [0.29, 0.717) is 42.7 Å². The quantitative estimate of drug-likeness (QED) is 0.751. The Morgan fingerprint density at radius 3 is 2.67 bits per heavy atom.